The van der Waals surface area contributed by atoms with Gasteiger partial charge in [-0.25, -0.2) is 0 Å². The highest BCUT2D eigenvalue weighted by atomic mass is 16.5. The molecule has 0 bridgehead atoms. The molecule has 1 aromatic rings. The number of carbonyl (C=O) groups is 3. The van der Waals surface area contributed by atoms with Crippen LogP contribution in [0.25, 0.3) is 0 Å². The topological polar surface area (TPSA) is 94.2 Å². The molecule has 0 spiro atoms. The molecule has 1 aliphatic rings. The Kier molecular flexibility index (Phi) is 12.3. The molecule has 1 N–H and O–H groups in total. The molecule has 1 aliphatic heterocycles. The number of piperazine rings is 1. The summed E-state index contributed by atoms with van der Waals surface area (Å²) >= 11 is 0. The van der Waals surface area contributed by atoms with Crippen LogP contribution in [0, 0.1) is 0 Å². The second kappa shape index (κ2) is 15.2. The third-order valence-corrected chi connectivity index (χ3v) is 5.95. The molecule has 190 valence electrons. The molecule has 0 saturated carbocycles. The van der Waals surface area contributed by atoms with Crippen molar-refractivity contribution in [3.8, 4) is 11.5 Å². The number of nitrogens with zero attached hydrogens (tertiary/aromatic N) is 1. The van der Waals surface area contributed by atoms with Crippen molar-refractivity contribution < 1.29 is 28.6 Å². The summed E-state index contributed by atoms with van der Waals surface area (Å²) in [4.78, 5) is 39.3. The van der Waals surface area contributed by atoms with Crippen LogP contribution in [0.15, 0.2) is 24.3 Å². The third kappa shape index (κ3) is 9.23. The first-order valence-corrected chi connectivity index (χ1v) is 12.5. The van der Waals surface area contributed by atoms with Crippen LogP contribution in [0.3, 0.4) is 0 Å². The summed E-state index contributed by atoms with van der Waals surface area (Å²) in [5.74, 6) is 0.0485. The second-order valence-electron chi connectivity index (χ2n) is 8.67. The van der Waals surface area contributed by atoms with Crippen molar-refractivity contribution in [3.63, 3.8) is 0 Å². The lowest BCUT2D eigenvalue weighted by molar-refractivity contribution is -0.154. The maximum Gasteiger partial charge on any atom is 0.308 e. The van der Waals surface area contributed by atoms with Crippen molar-refractivity contribution in [2.45, 2.75) is 83.8 Å². The lowest BCUT2D eigenvalue weighted by Crippen LogP contribution is -2.60. The van der Waals surface area contributed by atoms with E-state index in [9.17, 15) is 14.4 Å². The predicted octanol–water partition coefficient (Wildman–Crippen LogP) is 3.86. The minimum absolute atomic E-state index is 0.163. The molecular formula is C26H40N2O6. The molecule has 8 nitrogen and oxygen atoms in total. The van der Waals surface area contributed by atoms with Crippen molar-refractivity contribution in [2.24, 2.45) is 0 Å². The van der Waals surface area contributed by atoms with Gasteiger partial charge in [-0.2, -0.15) is 0 Å². The van der Waals surface area contributed by atoms with Crippen molar-refractivity contribution >= 4 is 17.8 Å². The molecule has 0 radical (unpaired) electrons. The number of benzene rings is 1. The Morgan fingerprint density at radius 3 is 2.29 bits per heavy atom. The molecule has 2 amide bonds. The van der Waals surface area contributed by atoms with Crippen LogP contribution < -0.4 is 14.8 Å². The Hall–Kier alpha value is -2.77. The van der Waals surface area contributed by atoms with E-state index in [0.29, 0.717) is 31.2 Å². The zero-order valence-corrected chi connectivity index (χ0v) is 20.8. The zero-order chi connectivity index (χ0) is 24.8. The predicted molar refractivity (Wildman–Crippen MR) is 130 cm³/mol. The summed E-state index contributed by atoms with van der Waals surface area (Å²) in [5.41, 5.74) is 0. The molecular weight excluding hydrogens is 436 g/mol. The van der Waals surface area contributed by atoms with E-state index in [2.05, 4.69) is 12.2 Å². The summed E-state index contributed by atoms with van der Waals surface area (Å²) in [7, 11) is 1.57. The van der Waals surface area contributed by atoms with Gasteiger partial charge in [0.05, 0.1) is 20.1 Å². The van der Waals surface area contributed by atoms with Crippen LogP contribution in [0.5, 0.6) is 11.5 Å². The highest BCUT2D eigenvalue weighted by molar-refractivity contribution is 5.93. The molecule has 1 saturated heterocycles. The van der Waals surface area contributed by atoms with E-state index in [-0.39, 0.29) is 18.2 Å². The van der Waals surface area contributed by atoms with Gasteiger partial charge in [0.2, 0.25) is 5.91 Å². The molecule has 34 heavy (non-hydrogen) atoms. The van der Waals surface area contributed by atoms with Gasteiger partial charge < -0.3 is 24.4 Å². The Morgan fingerprint density at radius 2 is 1.65 bits per heavy atom. The fraction of sp³-hybridized carbons (Fsp3) is 0.654. The standard InChI is InChI=1S/C26H40N2O6/c1-4-5-6-7-8-9-10-11-18-33-24(29)19-23-25(30)27-16-17-28(23)26(31)20(2)34-22-14-12-21(32-3)13-15-22/h12-15,20,23H,4-11,16-19H2,1-3H3,(H,27,30). The average Bonchev–Trinajstić information content (AvgIpc) is 2.84. The number of nitrogens with one attached hydrogen (secondary N) is 1. The highest BCUT2D eigenvalue weighted by Crippen LogP contribution is 2.20. The Labute approximate surface area is 203 Å². The fourth-order valence-electron chi connectivity index (χ4n) is 3.96. The van der Waals surface area contributed by atoms with E-state index in [1.54, 1.807) is 38.3 Å². The van der Waals surface area contributed by atoms with E-state index < -0.39 is 18.1 Å². The largest absolute Gasteiger partial charge is 0.497 e. The van der Waals surface area contributed by atoms with Gasteiger partial charge in [-0.15, -0.1) is 0 Å². The maximum atomic E-state index is 13.0. The van der Waals surface area contributed by atoms with E-state index in [4.69, 9.17) is 14.2 Å². The maximum absolute atomic E-state index is 13.0. The van der Waals surface area contributed by atoms with Crippen LogP contribution in [-0.4, -0.2) is 61.6 Å². The highest BCUT2D eigenvalue weighted by Gasteiger charge is 2.37. The van der Waals surface area contributed by atoms with Crippen molar-refractivity contribution in [2.75, 3.05) is 26.8 Å². The van der Waals surface area contributed by atoms with Gasteiger partial charge >= 0.3 is 5.97 Å². The Morgan fingerprint density at radius 1 is 1.03 bits per heavy atom. The number of ether oxygens (including phenoxy) is 3. The van der Waals surface area contributed by atoms with Crippen LogP contribution in [0.2, 0.25) is 0 Å². The molecule has 1 aromatic carbocycles. The van der Waals surface area contributed by atoms with E-state index in [1.807, 2.05) is 0 Å². The summed E-state index contributed by atoms with van der Waals surface area (Å²) in [6.45, 7) is 4.83. The van der Waals surface area contributed by atoms with Crippen molar-refractivity contribution in [3.05, 3.63) is 24.3 Å². The molecule has 1 fully saturated rings. The number of hydrogen-bond donors (Lipinski definition) is 1. The van der Waals surface area contributed by atoms with Crippen molar-refractivity contribution in [1.82, 2.24) is 10.2 Å². The monoisotopic (exact) mass is 476 g/mol. The number of methoxy groups -OCH3 is 1. The molecule has 2 unspecified atom stereocenters. The first-order chi connectivity index (χ1) is 16.5. The van der Waals surface area contributed by atoms with Gasteiger partial charge in [-0.3, -0.25) is 14.4 Å². The number of rotatable bonds is 15. The van der Waals surface area contributed by atoms with Gasteiger partial charge in [0.25, 0.3) is 5.91 Å². The average molecular weight is 477 g/mol. The summed E-state index contributed by atoms with van der Waals surface area (Å²) in [5, 5.41) is 2.73. The number of carbonyl (C=O) groups excluding carboxylic acids is 3. The molecule has 0 aromatic heterocycles. The lowest BCUT2D eigenvalue weighted by atomic mass is 10.1. The minimum atomic E-state index is -0.894. The zero-order valence-electron chi connectivity index (χ0n) is 20.8. The van der Waals surface area contributed by atoms with E-state index >= 15 is 0 Å². The fourth-order valence-corrected chi connectivity index (χ4v) is 3.96. The molecule has 2 atom stereocenters. The lowest BCUT2D eigenvalue weighted by Gasteiger charge is -2.36. The Bertz CT molecular complexity index is 767. The molecule has 8 heteroatoms. The van der Waals surface area contributed by atoms with Crippen LogP contribution in [0.1, 0.15) is 71.6 Å². The quantitative estimate of drug-likeness (QED) is 0.305. The molecule has 0 aliphatic carbocycles. The van der Waals surface area contributed by atoms with Gasteiger partial charge in [0.15, 0.2) is 6.10 Å². The normalized spacial score (nSPS) is 16.5. The number of unbranched alkanes of at least 4 members (excludes halogenated alkanes) is 7. The third-order valence-electron chi connectivity index (χ3n) is 5.95. The minimum Gasteiger partial charge on any atom is -0.497 e. The first kappa shape index (κ1) is 27.5. The summed E-state index contributed by atoms with van der Waals surface area (Å²) < 4.78 is 16.2. The number of amides is 2. The van der Waals surface area contributed by atoms with Crippen molar-refractivity contribution in [1.29, 1.82) is 0 Å². The summed E-state index contributed by atoms with van der Waals surface area (Å²) in [6, 6.07) is 6.02. The second-order valence-corrected chi connectivity index (χ2v) is 8.67. The van der Waals surface area contributed by atoms with Crippen LogP contribution in [0.4, 0.5) is 0 Å². The summed E-state index contributed by atoms with van der Waals surface area (Å²) in [6.07, 6.45) is 8.29. The van der Waals surface area contributed by atoms with E-state index in [1.165, 1.54) is 37.0 Å². The molecule has 2 rings (SSSR count). The van der Waals surface area contributed by atoms with Gasteiger partial charge in [-0.1, -0.05) is 51.9 Å². The number of esters is 1. The van der Waals surface area contributed by atoms with Crippen LogP contribution >= 0.6 is 0 Å². The van der Waals surface area contributed by atoms with Gasteiger partial charge in [0, 0.05) is 13.1 Å². The Balaban J connectivity index is 1.78. The van der Waals surface area contributed by atoms with Gasteiger partial charge in [0.1, 0.15) is 17.5 Å². The van der Waals surface area contributed by atoms with E-state index in [0.717, 1.165) is 19.3 Å². The smallest absolute Gasteiger partial charge is 0.308 e. The SMILES string of the molecule is CCCCCCCCCCOC(=O)CC1C(=O)NCCN1C(=O)C(C)Oc1ccc(OC)cc1. The number of hydrogen-bond acceptors (Lipinski definition) is 6. The first-order valence-electron chi connectivity index (χ1n) is 12.5. The van der Waals surface area contributed by atoms with Crippen LogP contribution in [-0.2, 0) is 19.1 Å². The van der Waals surface area contributed by atoms with Gasteiger partial charge in [-0.05, 0) is 37.6 Å². The molecule has 1 heterocycles.